The fourth-order valence-corrected chi connectivity index (χ4v) is 2.77. The summed E-state index contributed by atoms with van der Waals surface area (Å²) in [7, 11) is 0. The molecule has 1 aliphatic carbocycles. The molecule has 0 spiro atoms. The molecule has 0 saturated heterocycles. The largest absolute Gasteiger partial charge is 0.349 e. The highest BCUT2D eigenvalue weighted by Crippen LogP contribution is 2.38. The quantitative estimate of drug-likeness (QED) is 0.870. The van der Waals surface area contributed by atoms with Crippen LogP contribution in [-0.2, 0) is 10.2 Å². The molecular weight excluding hydrogens is 258 g/mol. The molecule has 0 radical (unpaired) electrons. The van der Waals surface area contributed by atoms with Gasteiger partial charge in [0.1, 0.15) is 0 Å². The van der Waals surface area contributed by atoms with Gasteiger partial charge in [-0.3, -0.25) is 4.79 Å². The lowest BCUT2D eigenvalue weighted by atomic mass is 9.85. The van der Waals surface area contributed by atoms with Crippen molar-refractivity contribution in [3.63, 3.8) is 0 Å². The molecule has 1 saturated carbocycles. The van der Waals surface area contributed by atoms with Crippen molar-refractivity contribution in [3.8, 4) is 0 Å². The van der Waals surface area contributed by atoms with Crippen LogP contribution in [0.2, 0.25) is 0 Å². The SMILES string of the molecule is CC(C)[C@H](NC(=O)[C@H]1C[C@H]1C)c1ccc(C(C)(C)C)cc1. The van der Waals surface area contributed by atoms with Crippen LogP contribution in [0.1, 0.15) is 65.1 Å². The highest BCUT2D eigenvalue weighted by molar-refractivity contribution is 5.81. The normalized spacial score (nSPS) is 23.0. The highest BCUT2D eigenvalue weighted by atomic mass is 16.2. The average Bonchev–Trinajstić information content (AvgIpc) is 3.12. The minimum Gasteiger partial charge on any atom is -0.349 e. The van der Waals surface area contributed by atoms with Crippen LogP contribution in [0.25, 0.3) is 0 Å². The lowest BCUT2D eigenvalue weighted by molar-refractivity contribution is -0.123. The number of carbonyl (C=O) groups excluding carboxylic acids is 1. The predicted molar refractivity (Wildman–Crippen MR) is 88.1 cm³/mol. The Kier molecular flexibility index (Phi) is 4.46. The van der Waals surface area contributed by atoms with Crippen molar-refractivity contribution in [3.05, 3.63) is 35.4 Å². The van der Waals surface area contributed by atoms with Gasteiger partial charge >= 0.3 is 0 Å². The van der Waals surface area contributed by atoms with Crippen LogP contribution in [0.5, 0.6) is 0 Å². The van der Waals surface area contributed by atoms with E-state index < -0.39 is 0 Å². The van der Waals surface area contributed by atoms with Crippen LogP contribution in [0.4, 0.5) is 0 Å². The minimum absolute atomic E-state index is 0.110. The molecule has 2 rings (SSSR count). The third-order valence-corrected chi connectivity index (χ3v) is 4.55. The van der Waals surface area contributed by atoms with Crippen molar-refractivity contribution >= 4 is 5.91 Å². The number of carbonyl (C=O) groups is 1. The molecule has 0 unspecified atom stereocenters. The zero-order valence-corrected chi connectivity index (χ0v) is 14.2. The minimum atomic E-state index is 0.110. The number of nitrogens with one attached hydrogen (secondary N) is 1. The predicted octanol–water partition coefficient (Wildman–Crippen LogP) is 4.45. The van der Waals surface area contributed by atoms with Gasteiger partial charge in [-0.25, -0.2) is 0 Å². The van der Waals surface area contributed by atoms with Crippen LogP contribution >= 0.6 is 0 Å². The van der Waals surface area contributed by atoms with Gasteiger partial charge in [0.15, 0.2) is 0 Å². The molecule has 2 heteroatoms. The Hall–Kier alpha value is -1.31. The standard InChI is InChI=1S/C19H29NO/c1-12(2)17(20-18(21)16-11-13(16)3)14-7-9-15(10-8-14)19(4,5)6/h7-10,12-13,16-17H,11H2,1-6H3,(H,20,21)/t13-,16+,17+/m1/s1. The topological polar surface area (TPSA) is 29.1 Å². The van der Waals surface area contributed by atoms with Crippen molar-refractivity contribution in [1.29, 1.82) is 0 Å². The fourth-order valence-electron chi connectivity index (χ4n) is 2.77. The average molecular weight is 287 g/mol. The molecule has 1 aliphatic rings. The molecule has 0 aliphatic heterocycles. The summed E-state index contributed by atoms with van der Waals surface area (Å²) in [4.78, 5) is 12.2. The molecule has 3 atom stereocenters. The van der Waals surface area contributed by atoms with Crippen molar-refractivity contribution in [1.82, 2.24) is 5.32 Å². The summed E-state index contributed by atoms with van der Waals surface area (Å²) in [6.07, 6.45) is 1.04. The van der Waals surface area contributed by atoms with E-state index in [9.17, 15) is 4.79 Å². The van der Waals surface area contributed by atoms with Crippen LogP contribution in [-0.4, -0.2) is 5.91 Å². The third-order valence-electron chi connectivity index (χ3n) is 4.55. The number of amides is 1. The first kappa shape index (κ1) is 16.1. The summed E-state index contributed by atoms with van der Waals surface area (Å²) in [5, 5.41) is 3.24. The van der Waals surface area contributed by atoms with Gasteiger partial charge in [-0.2, -0.15) is 0 Å². The van der Waals surface area contributed by atoms with E-state index in [1.165, 1.54) is 11.1 Å². The van der Waals surface area contributed by atoms with Crippen LogP contribution in [0.3, 0.4) is 0 Å². The molecular formula is C19H29NO. The Morgan fingerprint density at radius 1 is 1.19 bits per heavy atom. The monoisotopic (exact) mass is 287 g/mol. The second kappa shape index (κ2) is 5.82. The second-order valence-corrected chi connectivity index (χ2v) is 7.92. The van der Waals surface area contributed by atoms with E-state index in [2.05, 4.69) is 71.1 Å². The molecule has 1 fully saturated rings. The van der Waals surface area contributed by atoms with Gasteiger partial charge in [0, 0.05) is 5.92 Å². The third kappa shape index (κ3) is 3.87. The lowest BCUT2D eigenvalue weighted by Gasteiger charge is -2.25. The smallest absolute Gasteiger partial charge is 0.223 e. The molecule has 2 nitrogen and oxygen atoms in total. The summed E-state index contributed by atoms with van der Waals surface area (Å²) in [5.41, 5.74) is 2.70. The first-order chi connectivity index (χ1) is 9.70. The van der Waals surface area contributed by atoms with Crippen molar-refractivity contribution in [2.45, 2.75) is 59.4 Å². The van der Waals surface area contributed by atoms with Gasteiger partial charge in [-0.05, 0) is 34.8 Å². The lowest BCUT2D eigenvalue weighted by Crippen LogP contribution is -2.33. The fraction of sp³-hybridized carbons (Fsp3) is 0.632. The Labute approximate surface area is 129 Å². The molecule has 0 aromatic heterocycles. The van der Waals surface area contributed by atoms with Crippen LogP contribution in [0.15, 0.2) is 24.3 Å². The van der Waals surface area contributed by atoms with Crippen LogP contribution < -0.4 is 5.32 Å². The molecule has 1 N–H and O–H groups in total. The van der Waals surface area contributed by atoms with Crippen molar-refractivity contribution in [2.24, 2.45) is 17.8 Å². The van der Waals surface area contributed by atoms with Crippen molar-refractivity contribution in [2.75, 3.05) is 0 Å². The van der Waals surface area contributed by atoms with Gasteiger partial charge in [-0.15, -0.1) is 0 Å². The van der Waals surface area contributed by atoms with E-state index in [4.69, 9.17) is 0 Å². The zero-order chi connectivity index (χ0) is 15.8. The van der Waals surface area contributed by atoms with E-state index in [0.717, 1.165) is 6.42 Å². The van der Waals surface area contributed by atoms with Gasteiger partial charge < -0.3 is 5.32 Å². The molecule has 21 heavy (non-hydrogen) atoms. The zero-order valence-electron chi connectivity index (χ0n) is 14.2. The summed E-state index contributed by atoms with van der Waals surface area (Å²) in [5.74, 6) is 1.41. The van der Waals surface area contributed by atoms with Gasteiger partial charge in [0.2, 0.25) is 5.91 Å². The van der Waals surface area contributed by atoms with Gasteiger partial charge in [0.05, 0.1) is 6.04 Å². The molecule has 1 aromatic rings. The molecule has 116 valence electrons. The molecule has 0 heterocycles. The van der Waals surface area contributed by atoms with E-state index in [0.29, 0.717) is 11.8 Å². The number of hydrogen-bond donors (Lipinski definition) is 1. The van der Waals surface area contributed by atoms with Gasteiger partial charge in [-0.1, -0.05) is 65.8 Å². The number of benzene rings is 1. The summed E-state index contributed by atoms with van der Waals surface area (Å²) in [6.45, 7) is 13.1. The second-order valence-electron chi connectivity index (χ2n) is 7.92. The molecule has 1 aromatic carbocycles. The first-order valence-corrected chi connectivity index (χ1v) is 8.11. The Bertz CT molecular complexity index is 495. The van der Waals surface area contributed by atoms with Gasteiger partial charge in [0.25, 0.3) is 0 Å². The van der Waals surface area contributed by atoms with E-state index in [1.54, 1.807) is 0 Å². The summed E-state index contributed by atoms with van der Waals surface area (Å²) < 4.78 is 0. The number of hydrogen-bond acceptors (Lipinski definition) is 1. The maximum absolute atomic E-state index is 12.2. The van der Waals surface area contributed by atoms with Crippen LogP contribution in [0, 0.1) is 17.8 Å². The summed E-state index contributed by atoms with van der Waals surface area (Å²) in [6, 6.07) is 8.83. The first-order valence-electron chi connectivity index (χ1n) is 8.11. The van der Waals surface area contributed by atoms with E-state index in [-0.39, 0.29) is 23.3 Å². The maximum Gasteiger partial charge on any atom is 0.223 e. The van der Waals surface area contributed by atoms with Crippen molar-refractivity contribution < 1.29 is 4.79 Å². The van der Waals surface area contributed by atoms with E-state index in [1.807, 2.05) is 0 Å². The molecule has 0 bridgehead atoms. The maximum atomic E-state index is 12.2. The Morgan fingerprint density at radius 2 is 1.71 bits per heavy atom. The number of rotatable bonds is 4. The van der Waals surface area contributed by atoms with E-state index >= 15 is 0 Å². The Balaban J connectivity index is 2.13. The highest BCUT2D eigenvalue weighted by Gasteiger charge is 2.40. The Morgan fingerprint density at radius 3 is 2.10 bits per heavy atom. The molecule has 1 amide bonds. The summed E-state index contributed by atoms with van der Waals surface area (Å²) >= 11 is 0.